The molecule has 0 aliphatic carbocycles. The first kappa shape index (κ1) is 14.4. The molecule has 24 heavy (non-hydrogen) atoms. The first-order chi connectivity index (χ1) is 11.7. The van der Waals surface area contributed by atoms with Crippen molar-refractivity contribution in [3.8, 4) is 10.6 Å². The van der Waals surface area contributed by atoms with Crippen LogP contribution < -0.4 is 4.90 Å². The largest absolute Gasteiger partial charge is 0.439 e. The summed E-state index contributed by atoms with van der Waals surface area (Å²) in [4.78, 5) is 22.3. The predicted molar refractivity (Wildman–Crippen MR) is 93.3 cm³/mol. The molecule has 6 heteroatoms. The standard InChI is InChI=1S/C18H19N3O2S/c22-17-21(12-18(23-17)11-20-9-6-13(18)7-10-20)16-5-4-15(24-16)14-3-1-2-8-19-14/h1-5,8,13H,6-7,9-12H2/t18-/m0/s1. The number of thiophene rings is 1. The minimum absolute atomic E-state index is 0.196. The van der Waals surface area contributed by atoms with Gasteiger partial charge in [0.1, 0.15) is 10.6 Å². The van der Waals surface area contributed by atoms with Gasteiger partial charge >= 0.3 is 6.09 Å². The summed E-state index contributed by atoms with van der Waals surface area (Å²) in [5.74, 6) is 0.506. The third-order valence-corrected chi connectivity index (χ3v) is 6.67. The van der Waals surface area contributed by atoms with Gasteiger partial charge in [-0.1, -0.05) is 6.07 Å². The van der Waals surface area contributed by atoms with Crippen LogP contribution in [0.15, 0.2) is 36.5 Å². The SMILES string of the molecule is O=C1O[C@@]2(CN3CCC2CC3)CN1c1ccc(-c2ccccn2)s1. The first-order valence-electron chi connectivity index (χ1n) is 8.48. The number of aromatic nitrogens is 1. The summed E-state index contributed by atoms with van der Waals surface area (Å²) in [6.45, 7) is 3.85. The molecule has 1 atom stereocenters. The number of hydrogen-bond acceptors (Lipinski definition) is 5. The molecular formula is C18H19N3O2S. The summed E-state index contributed by atoms with van der Waals surface area (Å²) in [7, 11) is 0. The number of amides is 1. The van der Waals surface area contributed by atoms with Crippen LogP contribution in [0.1, 0.15) is 12.8 Å². The average Bonchev–Trinajstić information content (AvgIpc) is 3.22. The van der Waals surface area contributed by atoms with Gasteiger partial charge in [-0.3, -0.25) is 14.8 Å². The molecule has 2 aromatic heterocycles. The van der Waals surface area contributed by atoms with E-state index in [9.17, 15) is 4.79 Å². The van der Waals surface area contributed by atoms with Gasteiger partial charge in [0.05, 0.1) is 17.1 Å². The van der Waals surface area contributed by atoms with Crippen molar-refractivity contribution in [2.75, 3.05) is 31.1 Å². The van der Waals surface area contributed by atoms with Crippen molar-refractivity contribution < 1.29 is 9.53 Å². The Hall–Kier alpha value is -1.92. The highest BCUT2D eigenvalue weighted by atomic mass is 32.1. The lowest BCUT2D eigenvalue weighted by Gasteiger charge is -2.49. The molecule has 0 radical (unpaired) electrons. The van der Waals surface area contributed by atoms with Gasteiger partial charge in [-0.15, -0.1) is 11.3 Å². The van der Waals surface area contributed by atoms with Gasteiger partial charge in [0.25, 0.3) is 0 Å². The molecule has 4 aliphatic heterocycles. The van der Waals surface area contributed by atoms with Crippen molar-refractivity contribution in [2.24, 2.45) is 5.92 Å². The molecule has 0 saturated carbocycles. The molecule has 4 fully saturated rings. The van der Waals surface area contributed by atoms with E-state index >= 15 is 0 Å². The maximum Gasteiger partial charge on any atom is 0.415 e. The normalized spacial score (nSPS) is 31.7. The van der Waals surface area contributed by atoms with E-state index in [0.29, 0.717) is 12.5 Å². The Kier molecular flexibility index (Phi) is 3.18. The van der Waals surface area contributed by atoms with E-state index in [0.717, 1.165) is 48.0 Å². The van der Waals surface area contributed by atoms with Crippen LogP contribution in [0.4, 0.5) is 9.80 Å². The fourth-order valence-corrected chi connectivity index (χ4v) is 5.27. The van der Waals surface area contributed by atoms with E-state index < -0.39 is 0 Å². The van der Waals surface area contributed by atoms with Crippen molar-refractivity contribution in [1.82, 2.24) is 9.88 Å². The van der Waals surface area contributed by atoms with Crippen molar-refractivity contribution in [3.63, 3.8) is 0 Å². The zero-order chi connectivity index (χ0) is 16.1. The van der Waals surface area contributed by atoms with Crippen LogP contribution in [0.5, 0.6) is 0 Å². The Morgan fingerprint density at radius 2 is 2.04 bits per heavy atom. The fraction of sp³-hybridized carbons (Fsp3) is 0.444. The lowest BCUT2D eigenvalue weighted by molar-refractivity contribution is -0.0881. The molecule has 124 valence electrons. The number of rotatable bonds is 2. The summed E-state index contributed by atoms with van der Waals surface area (Å²) >= 11 is 1.60. The highest BCUT2D eigenvalue weighted by Crippen LogP contribution is 2.44. The Bertz CT molecular complexity index is 770. The van der Waals surface area contributed by atoms with Crippen molar-refractivity contribution in [2.45, 2.75) is 18.4 Å². The second kappa shape index (κ2) is 5.29. The van der Waals surface area contributed by atoms with Gasteiger partial charge in [-0.2, -0.15) is 0 Å². The topological polar surface area (TPSA) is 45.7 Å². The Balaban J connectivity index is 1.42. The third kappa shape index (κ3) is 2.17. The number of carbonyl (C=O) groups is 1. The van der Waals surface area contributed by atoms with Crippen LogP contribution in [0, 0.1) is 5.92 Å². The summed E-state index contributed by atoms with van der Waals surface area (Å²) in [5, 5.41) is 0.953. The van der Waals surface area contributed by atoms with Gasteiger partial charge in [0, 0.05) is 18.7 Å². The number of piperidine rings is 3. The molecule has 5 nitrogen and oxygen atoms in total. The predicted octanol–water partition coefficient (Wildman–Crippen LogP) is 3.23. The van der Waals surface area contributed by atoms with Gasteiger partial charge in [-0.05, 0) is 50.2 Å². The monoisotopic (exact) mass is 341 g/mol. The number of anilines is 1. The first-order valence-corrected chi connectivity index (χ1v) is 9.29. The van der Waals surface area contributed by atoms with Gasteiger partial charge < -0.3 is 4.74 Å². The molecule has 0 N–H and O–H groups in total. The van der Waals surface area contributed by atoms with Crippen molar-refractivity contribution >= 4 is 22.4 Å². The van der Waals surface area contributed by atoms with Crippen LogP contribution in [0.2, 0.25) is 0 Å². The lowest BCUT2D eigenvalue weighted by atomic mass is 9.75. The highest BCUT2D eigenvalue weighted by Gasteiger charge is 2.55. The minimum atomic E-state index is -0.303. The van der Waals surface area contributed by atoms with Crippen molar-refractivity contribution in [1.29, 1.82) is 0 Å². The van der Waals surface area contributed by atoms with Crippen LogP contribution >= 0.6 is 11.3 Å². The average molecular weight is 341 g/mol. The summed E-state index contributed by atoms with van der Waals surface area (Å²) < 4.78 is 5.94. The Labute approximate surface area is 144 Å². The number of carbonyl (C=O) groups excluding carboxylic acids is 1. The second-order valence-corrected chi connectivity index (χ2v) is 7.98. The molecule has 1 spiro atoms. The molecule has 1 amide bonds. The highest BCUT2D eigenvalue weighted by molar-refractivity contribution is 7.19. The van der Waals surface area contributed by atoms with Crippen LogP contribution in [0.3, 0.4) is 0 Å². The number of ether oxygens (including phenoxy) is 1. The summed E-state index contributed by atoms with van der Waals surface area (Å²) in [6, 6.07) is 9.93. The van der Waals surface area contributed by atoms with Crippen molar-refractivity contribution in [3.05, 3.63) is 36.5 Å². The quantitative estimate of drug-likeness (QED) is 0.841. The number of hydrogen-bond donors (Lipinski definition) is 0. The van der Waals surface area contributed by atoms with E-state index in [-0.39, 0.29) is 11.7 Å². The lowest BCUT2D eigenvalue weighted by Crippen LogP contribution is -2.61. The molecule has 0 unspecified atom stereocenters. The zero-order valence-corrected chi connectivity index (χ0v) is 14.2. The molecule has 2 bridgehead atoms. The van der Waals surface area contributed by atoms with Gasteiger partial charge in [-0.25, -0.2) is 4.79 Å². The number of nitrogens with zero attached hydrogens (tertiary/aromatic N) is 3. The van der Waals surface area contributed by atoms with Crippen LogP contribution in [-0.4, -0.2) is 47.8 Å². The van der Waals surface area contributed by atoms with Crippen LogP contribution in [-0.2, 0) is 4.74 Å². The van der Waals surface area contributed by atoms with E-state index in [1.165, 1.54) is 0 Å². The van der Waals surface area contributed by atoms with E-state index in [2.05, 4.69) is 9.88 Å². The van der Waals surface area contributed by atoms with Gasteiger partial charge in [0.15, 0.2) is 0 Å². The molecule has 4 saturated heterocycles. The second-order valence-electron chi connectivity index (χ2n) is 6.92. The fourth-order valence-electron chi connectivity index (χ4n) is 4.30. The molecular weight excluding hydrogens is 322 g/mol. The van der Waals surface area contributed by atoms with E-state index in [1.54, 1.807) is 17.5 Å². The molecule has 6 heterocycles. The maximum atomic E-state index is 12.5. The smallest absolute Gasteiger partial charge is 0.415 e. The number of fused-ring (bicyclic) bond motifs is 2. The minimum Gasteiger partial charge on any atom is -0.439 e. The molecule has 6 rings (SSSR count). The van der Waals surface area contributed by atoms with E-state index in [4.69, 9.17) is 4.74 Å². The summed E-state index contributed by atoms with van der Waals surface area (Å²) in [5.41, 5.74) is 0.641. The molecule has 4 aliphatic rings. The summed E-state index contributed by atoms with van der Waals surface area (Å²) in [6.07, 6.45) is 3.88. The van der Waals surface area contributed by atoms with E-state index in [1.807, 2.05) is 35.2 Å². The number of pyridine rings is 1. The molecule has 0 aromatic carbocycles. The third-order valence-electron chi connectivity index (χ3n) is 5.53. The van der Waals surface area contributed by atoms with Crippen LogP contribution in [0.25, 0.3) is 10.6 Å². The Morgan fingerprint density at radius 3 is 2.75 bits per heavy atom. The molecule has 2 aromatic rings. The zero-order valence-electron chi connectivity index (χ0n) is 13.4. The van der Waals surface area contributed by atoms with Gasteiger partial charge in [0.2, 0.25) is 0 Å². The Morgan fingerprint density at radius 1 is 1.17 bits per heavy atom. The maximum absolute atomic E-state index is 12.5.